The Morgan fingerprint density at radius 2 is 1.97 bits per heavy atom. The summed E-state index contributed by atoms with van der Waals surface area (Å²) in [7, 11) is 0. The van der Waals surface area contributed by atoms with Crippen LogP contribution < -0.4 is 10.6 Å². The van der Waals surface area contributed by atoms with Crippen LogP contribution in [-0.2, 0) is 6.42 Å². The van der Waals surface area contributed by atoms with Crippen molar-refractivity contribution in [2.75, 3.05) is 39.3 Å². The third kappa shape index (κ3) is 8.43. The van der Waals surface area contributed by atoms with E-state index in [1.807, 2.05) is 35.7 Å². The number of hydrogen-bond acceptors (Lipinski definition) is 4. The minimum absolute atomic E-state index is 0. The summed E-state index contributed by atoms with van der Waals surface area (Å²) in [5.74, 6) is 2.07. The van der Waals surface area contributed by atoms with Crippen LogP contribution in [0.15, 0.2) is 29.4 Å². The van der Waals surface area contributed by atoms with E-state index in [1.165, 1.54) is 4.90 Å². The van der Waals surface area contributed by atoms with Gasteiger partial charge in [-0.05, 0) is 57.3 Å². The number of nitrogens with one attached hydrogen (secondary N) is 2. The second kappa shape index (κ2) is 12.4. The molecule has 1 fully saturated rings. The third-order valence-corrected chi connectivity index (χ3v) is 5.29. The Bertz CT molecular complexity index is 816. The van der Waals surface area contributed by atoms with E-state index in [0.29, 0.717) is 38.5 Å². The van der Waals surface area contributed by atoms with Crippen molar-refractivity contribution >= 4 is 35.6 Å². The summed E-state index contributed by atoms with van der Waals surface area (Å²) in [4.78, 5) is 6.12. The van der Waals surface area contributed by atoms with Crippen LogP contribution >= 0.6 is 24.0 Å². The molecule has 0 atom stereocenters. The Morgan fingerprint density at radius 1 is 1.19 bits per heavy atom. The number of hydrogen-bond donors (Lipinski definition) is 2. The molecule has 3 heterocycles. The number of pyridine rings is 1. The Kier molecular flexibility index (Phi) is 10.3. The minimum atomic E-state index is -4.11. The lowest BCUT2D eigenvalue weighted by atomic mass is 9.93. The average Bonchev–Trinajstić information content (AvgIpc) is 3.11. The van der Waals surface area contributed by atoms with Crippen LogP contribution in [0.2, 0.25) is 0 Å². The smallest absolute Gasteiger partial charge is 0.357 e. The molecule has 0 unspecified atom stereocenters. The lowest BCUT2D eigenvalue weighted by Gasteiger charge is -2.32. The Hall–Kier alpha value is -1.63. The van der Waals surface area contributed by atoms with E-state index in [4.69, 9.17) is 0 Å². The summed E-state index contributed by atoms with van der Waals surface area (Å²) in [6, 6.07) is 5.80. The number of aliphatic imine (C=N–C) groups is 1. The topological polar surface area (TPSA) is 69.8 Å². The van der Waals surface area contributed by atoms with Crippen molar-refractivity contribution in [1.29, 1.82) is 0 Å². The molecular weight excluding hydrogens is 522 g/mol. The van der Waals surface area contributed by atoms with Gasteiger partial charge in [-0.2, -0.15) is 13.2 Å². The largest absolute Gasteiger partial charge is 0.401 e. The van der Waals surface area contributed by atoms with Crippen LogP contribution in [0.4, 0.5) is 13.2 Å². The number of alkyl halides is 3. The molecule has 0 spiro atoms. The standard InChI is InChI=1S/C20H30F3N7.HI/c1-2-24-19(26-11-7-18-28-27-17-5-3-4-12-30(17)18)25-10-6-16-8-13-29(14-9-16)15-20(21,22)23;/h3-5,12,16H,2,6-11,13-15H2,1H3,(H2,24,25,26);1H. The first kappa shape index (κ1) is 25.6. The van der Waals surface area contributed by atoms with Gasteiger partial charge in [0.05, 0.1) is 6.54 Å². The molecule has 2 aromatic heterocycles. The van der Waals surface area contributed by atoms with Gasteiger partial charge < -0.3 is 10.6 Å². The maximum Gasteiger partial charge on any atom is 0.401 e. The summed E-state index contributed by atoms with van der Waals surface area (Å²) >= 11 is 0. The van der Waals surface area contributed by atoms with Crippen molar-refractivity contribution < 1.29 is 13.2 Å². The number of guanidine groups is 1. The van der Waals surface area contributed by atoms with Gasteiger partial charge in [-0.25, -0.2) is 0 Å². The van der Waals surface area contributed by atoms with Crippen molar-refractivity contribution in [3.63, 3.8) is 0 Å². The third-order valence-electron chi connectivity index (χ3n) is 5.29. The van der Waals surface area contributed by atoms with E-state index in [2.05, 4.69) is 25.8 Å². The van der Waals surface area contributed by atoms with Crippen LogP contribution in [0, 0.1) is 5.92 Å². The highest BCUT2D eigenvalue weighted by molar-refractivity contribution is 14.0. The van der Waals surface area contributed by atoms with Crippen LogP contribution in [0.3, 0.4) is 0 Å². The molecule has 0 bridgehead atoms. The number of halogens is 4. The number of rotatable bonds is 8. The van der Waals surface area contributed by atoms with E-state index in [0.717, 1.165) is 43.2 Å². The molecular formula is C20H31F3IN7. The molecule has 0 saturated carbocycles. The van der Waals surface area contributed by atoms with Gasteiger partial charge >= 0.3 is 6.18 Å². The van der Waals surface area contributed by atoms with Gasteiger partial charge in [-0.1, -0.05) is 6.07 Å². The highest BCUT2D eigenvalue weighted by Gasteiger charge is 2.32. The minimum Gasteiger partial charge on any atom is -0.357 e. The van der Waals surface area contributed by atoms with E-state index in [9.17, 15) is 13.2 Å². The van der Waals surface area contributed by atoms with Crippen LogP contribution in [0.25, 0.3) is 5.65 Å². The highest BCUT2D eigenvalue weighted by atomic mass is 127. The van der Waals surface area contributed by atoms with E-state index < -0.39 is 12.7 Å². The van der Waals surface area contributed by atoms with Crippen molar-refractivity contribution in [2.24, 2.45) is 10.9 Å². The first-order chi connectivity index (χ1) is 14.4. The maximum absolute atomic E-state index is 12.5. The zero-order valence-electron chi connectivity index (χ0n) is 17.7. The molecule has 2 aromatic rings. The average molecular weight is 553 g/mol. The van der Waals surface area contributed by atoms with Crippen molar-refractivity contribution in [3.8, 4) is 0 Å². The van der Waals surface area contributed by atoms with Gasteiger partial charge in [0, 0.05) is 32.3 Å². The van der Waals surface area contributed by atoms with Gasteiger partial charge in [0.25, 0.3) is 0 Å². The summed E-state index contributed by atoms with van der Waals surface area (Å²) < 4.78 is 39.4. The normalized spacial score (nSPS) is 16.3. The Labute approximate surface area is 197 Å². The zero-order chi connectivity index (χ0) is 21.4. The second-order valence-corrected chi connectivity index (χ2v) is 7.61. The predicted molar refractivity (Wildman–Crippen MR) is 126 cm³/mol. The first-order valence-corrected chi connectivity index (χ1v) is 10.5. The van der Waals surface area contributed by atoms with Crippen LogP contribution in [0.5, 0.6) is 0 Å². The number of likely N-dealkylation sites (tertiary alicyclic amines) is 1. The fourth-order valence-electron chi connectivity index (χ4n) is 3.74. The van der Waals surface area contributed by atoms with E-state index in [1.54, 1.807) is 0 Å². The van der Waals surface area contributed by atoms with E-state index >= 15 is 0 Å². The van der Waals surface area contributed by atoms with Gasteiger partial charge in [0.15, 0.2) is 11.6 Å². The van der Waals surface area contributed by atoms with Gasteiger partial charge in [-0.3, -0.25) is 14.3 Å². The molecule has 31 heavy (non-hydrogen) atoms. The highest BCUT2D eigenvalue weighted by Crippen LogP contribution is 2.24. The fraction of sp³-hybridized carbons (Fsp3) is 0.650. The molecule has 0 amide bonds. The fourth-order valence-corrected chi connectivity index (χ4v) is 3.74. The lowest BCUT2D eigenvalue weighted by molar-refractivity contribution is -0.148. The van der Waals surface area contributed by atoms with Gasteiger partial charge in [0.1, 0.15) is 5.82 Å². The van der Waals surface area contributed by atoms with Gasteiger partial charge in [-0.15, -0.1) is 34.2 Å². The molecule has 0 aliphatic carbocycles. The predicted octanol–water partition coefficient (Wildman–Crippen LogP) is 3.11. The lowest BCUT2D eigenvalue weighted by Crippen LogP contribution is -2.40. The molecule has 1 aliphatic rings. The Balaban J connectivity index is 0.00000341. The van der Waals surface area contributed by atoms with Crippen molar-refractivity contribution in [2.45, 2.75) is 38.8 Å². The number of nitrogens with zero attached hydrogens (tertiary/aromatic N) is 5. The number of fused-ring (bicyclic) bond motifs is 1. The maximum atomic E-state index is 12.5. The zero-order valence-corrected chi connectivity index (χ0v) is 20.1. The SMILES string of the molecule is CCNC(=NCCC1CCN(CC(F)(F)F)CC1)NCCc1nnc2ccccn12.I. The Morgan fingerprint density at radius 3 is 2.68 bits per heavy atom. The molecule has 1 saturated heterocycles. The molecule has 0 radical (unpaired) electrons. The summed E-state index contributed by atoms with van der Waals surface area (Å²) in [5.41, 5.74) is 0.828. The number of aromatic nitrogens is 3. The monoisotopic (exact) mass is 553 g/mol. The summed E-state index contributed by atoms with van der Waals surface area (Å²) in [6.45, 7) is 4.34. The molecule has 0 aromatic carbocycles. The molecule has 1 aliphatic heterocycles. The second-order valence-electron chi connectivity index (χ2n) is 7.61. The van der Waals surface area contributed by atoms with Crippen LogP contribution in [-0.4, -0.2) is 70.9 Å². The molecule has 11 heteroatoms. The summed E-state index contributed by atoms with van der Waals surface area (Å²) in [6.07, 6.45) is 1.05. The first-order valence-electron chi connectivity index (χ1n) is 10.5. The molecule has 3 rings (SSSR count). The van der Waals surface area contributed by atoms with Gasteiger partial charge in [0.2, 0.25) is 0 Å². The number of piperidine rings is 1. The molecule has 2 N–H and O–H groups in total. The quantitative estimate of drug-likeness (QED) is 0.299. The molecule has 7 nitrogen and oxygen atoms in total. The van der Waals surface area contributed by atoms with Crippen molar-refractivity contribution in [3.05, 3.63) is 30.2 Å². The van der Waals surface area contributed by atoms with E-state index in [-0.39, 0.29) is 24.0 Å². The van der Waals surface area contributed by atoms with Crippen LogP contribution in [0.1, 0.15) is 32.0 Å². The molecule has 174 valence electrons. The van der Waals surface area contributed by atoms with Crippen molar-refractivity contribution in [1.82, 2.24) is 30.1 Å². The summed E-state index contributed by atoms with van der Waals surface area (Å²) in [5, 5.41) is 14.9.